The molecule has 0 heterocycles. The molecule has 0 aliphatic heterocycles. The smallest absolute Gasteiger partial charge is 0.163 e. The van der Waals surface area contributed by atoms with E-state index in [1.807, 2.05) is 12.1 Å². The molecule has 3 N–H and O–H groups in total. The van der Waals surface area contributed by atoms with Gasteiger partial charge in [-0.05, 0) is 37.4 Å². The van der Waals surface area contributed by atoms with Gasteiger partial charge in [-0.2, -0.15) is 0 Å². The number of nitrogens with two attached hydrogens (primary N) is 1. The first-order valence-electron chi connectivity index (χ1n) is 7.38. The number of rotatable bonds is 8. The van der Waals surface area contributed by atoms with E-state index >= 15 is 0 Å². The molecule has 1 atom stereocenters. The molecule has 0 saturated heterocycles. The van der Waals surface area contributed by atoms with Crippen LogP contribution in [-0.2, 0) is 6.42 Å². The second-order valence-electron chi connectivity index (χ2n) is 4.72. The van der Waals surface area contributed by atoms with Gasteiger partial charge in [0.05, 0.1) is 26.8 Å². The molecule has 0 aliphatic carbocycles. The van der Waals surface area contributed by atoms with Crippen molar-refractivity contribution < 1.29 is 9.47 Å². The summed E-state index contributed by atoms with van der Waals surface area (Å²) in [7, 11) is 3.32. The van der Waals surface area contributed by atoms with Crippen LogP contribution in [0.25, 0.3) is 0 Å². The Morgan fingerprint density at radius 3 is 2.71 bits per heavy atom. The van der Waals surface area contributed by atoms with Crippen LogP contribution in [0.3, 0.4) is 0 Å². The first kappa shape index (κ1) is 17.4. The summed E-state index contributed by atoms with van der Waals surface area (Å²) in [4.78, 5) is 0. The second-order valence-corrected chi connectivity index (χ2v) is 4.72. The van der Waals surface area contributed by atoms with Crippen LogP contribution in [0.4, 0.5) is 0 Å². The SMILES string of the molecule is CCCNC(C#CCN)CCc1cccc(OC)c1OC. The van der Waals surface area contributed by atoms with Gasteiger partial charge >= 0.3 is 0 Å². The van der Waals surface area contributed by atoms with E-state index in [4.69, 9.17) is 15.2 Å². The van der Waals surface area contributed by atoms with Crippen molar-refractivity contribution in [2.45, 2.75) is 32.2 Å². The summed E-state index contributed by atoms with van der Waals surface area (Å²) in [6.07, 6.45) is 2.88. The van der Waals surface area contributed by atoms with Crippen LogP contribution in [0.1, 0.15) is 25.3 Å². The number of aryl methyl sites for hydroxylation is 1. The molecule has 4 heteroatoms. The molecule has 0 spiro atoms. The number of benzene rings is 1. The lowest BCUT2D eigenvalue weighted by atomic mass is 10.0. The molecule has 116 valence electrons. The number of hydrogen-bond acceptors (Lipinski definition) is 4. The Kier molecular flexibility index (Phi) is 8.34. The maximum absolute atomic E-state index is 5.46. The van der Waals surface area contributed by atoms with Crippen LogP contribution >= 0.6 is 0 Å². The van der Waals surface area contributed by atoms with Crippen molar-refractivity contribution >= 4 is 0 Å². The monoisotopic (exact) mass is 290 g/mol. The van der Waals surface area contributed by atoms with E-state index < -0.39 is 0 Å². The summed E-state index contributed by atoms with van der Waals surface area (Å²) >= 11 is 0. The van der Waals surface area contributed by atoms with Gasteiger partial charge in [0.2, 0.25) is 0 Å². The summed E-state index contributed by atoms with van der Waals surface area (Å²) in [6.45, 7) is 3.50. The Bertz CT molecular complexity index is 477. The summed E-state index contributed by atoms with van der Waals surface area (Å²) in [6, 6.07) is 6.11. The fourth-order valence-corrected chi connectivity index (χ4v) is 2.18. The Balaban J connectivity index is 2.74. The molecule has 4 nitrogen and oxygen atoms in total. The lowest BCUT2D eigenvalue weighted by Crippen LogP contribution is -2.29. The van der Waals surface area contributed by atoms with Gasteiger partial charge in [-0.3, -0.25) is 0 Å². The molecule has 1 unspecified atom stereocenters. The number of para-hydroxylation sites is 1. The minimum absolute atomic E-state index is 0.157. The molecule has 0 bridgehead atoms. The molecule has 1 aromatic rings. The lowest BCUT2D eigenvalue weighted by Gasteiger charge is -2.15. The normalized spacial score (nSPS) is 11.4. The number of methoxy groups -OCH3 is 2. The molecular formula is C17H26N2O2. The van der Waals surface area contributed by atoms with Crippen molar-refractivity contribution in [2.24, 2.45) is 5.73 Å². The molecule has 21 heavy (non-hydrogen) atoms. The van der Waals surface area contributed by atoms with Crippen molar-refractivity contribution in [3.63, 3.8) is 0 Å². The van der Waals surface area contributed by atoms with Crippen molar-refractivity contribution in [3.8, 4) is 23.3 Å². The average molecular weight is 290 g/mol. The molecule has 0 radical (unpaired) electrons. The molecule has 1 aromatic carbocycles. The predicted molar refractivity (Wildman–Crippen MR) is 86.8 cm³/mol. The highest BCUT2D eigenvalue weighted by Crippen LogP contribution is 2.31. The van der Waals surface area contributed by atoms with Crippen LogP contribution in [0.15, 0.2) is 18.2 Å². The van der Waals surface area contributed by atoms with Crippen molar-refractivity contribution in [1.29, 1.82) is 0 Å². The maximum Gasteiger partial charge on any atom is 0.163 e. The first-order valence-corrected chi connectivity index (χ1v) is 7.38. The molecule has 1 rings (SSSR count). The molecule has 0 aliphatic rings. The third-order valence-corrected chi connectivity index (χ3v) is 3.21. The lowest BCUT2D eigenvalue weighted by molar-refractivity contribution is 0.351. The zero-order valence-electron chi connectivity index (χ0n) is 13.2. The average Bonchev–Trinajstić information content (AvgIpc) is 2.53. The first-order chi connectivity index (χ1) is 10.3. The topological polar surface area (TPSA) is 56.5 Å². The van der Waals surface area contributed by atoms with Gasteiger partial charge in [-0.1, -0.05) is 30.9 Å². The Morgan fingerprint density at radius 2 is 2.10 bits per heavy atom. The molecule has 0 amide bonds. The van der Waals surface area contributed by atoms with Crippen LogP contribution in [0.2, 0.25) is 0 Å². The minimum Gasteiger partial charge on any atom is -0.493 e. The van der Waals surface area contributed by atoms with Crippen molar-refractivity contribution in [3.05, 3.63) is 23.8 Å². The van der Waals surface area contributed by atoms with E-state index in [-0.39, 0.29) is 6.04 Å². The van der Waals surface area contributed by atoms with E-state index in [9.17, 15) is 0 Å². The molecule has 0 saturated carbocycles. The molecular weight excluding hydrogens is 264 g/mol. The highest BCUT2D eigenvalue weighted by molar-refractivity contribution is 5.46. The summed E-state index contributed by atoms with van der Waals surface area (Å²) < 4.78 is 10.8. The quantitative estimate of drug-likeness (QED) is 0.719. The second kappa shape index (κ2) is 10.1. The van der Waals surface area contributed by atoms with Gasteiger partial charge in [0.25, 0.3) is 0 Å². The summed E-state index contributed by atoms with van der Waals surface area (Å²) in [5.41, 5.74) is 6.59. The third-order valence-electron chi connectivity index (χ3n) is 3.21. The van der Waals surface area contributed by atoms with E-state index in [0.29, 0.717) is 6.54 Å². The highest BCUT2D eigenvalue weighted by Gasteiger charge is 2.11. The van der Waals surface area contributed by atoms with Crippen LogP contribution < -0.4 is 20.5 Å². The standard InChI is InChI=1S/C17H26N2O2/c1-4-13-19-15(8-6-12-18)11-10-14-7-5-9-16(20-2)17(14)21-3/h5,7,9,15,19H,4,10-13,18H2,1-3H3. The molecule has 0 fully saturated rings. The van der Waals surface area contributed by atoms with Gasteiger partial charge < -0.3 is 20.5 Å². The zero-order valence-corrected chi connectivity index (χ0v) is 13.2. The van der Waals surface area contributed by atoms with Crippen LogP contribution in [0, 0.1) is 11.8 Å². The van der Waals surface area contributed by atoms with Gasteiger partial charge in [0.1, 0.15) is 0 Å². The summed E-state index contributed by atoms with van der Waals surface area (Å²) in [5.74, 6) is 7.71. The number of ether oxygens (including phenoxy) is 2. The van der Waals surface area contributed by atoms with Crippen LogP contribution in [-0.4, -0.2) is 33.4 Å². The Morgan fingerprint density at radius 1 is 1.29 bits per heavy atom. The predicted octanol–water partition coefficient (Wildman–Crippen LogP) is 1.97. The zero-order chi connectivity index (χ0) is 15.5. The van der Waals surface area contributed by atoms with Crippen molar-refractivity contribution in [2.75, 3.05) is 27.3 Å². The largest absolute Gasteiger partial charge is 0.493 e. The fraction of sp³-hybridized carbons (Fsp3) is 0.529. The Hall–Kier alpha value is -1.70. The Labute approximate surface area is 128 Å². The van der Waals surface area contributed by atoms with E-state index in [1.54, 1.807) is 14.2 Å². The third kappa shape index (κ3) is 5.66. The fourth-order valence-electron chi connectivity index (χ4n) is 2.18. The van der Waals surface area contributed by atoms with E-state index in [2.05, 4.69) is 30.1 Å². The van der Waals surface area contributed by atoms with Gasteiger partial charge in [0, 0.05) is 0 Å². The molecule has 0 aromatic heterocycles. The van der Waals surface area contributed by atoms with Gasteiger partial charge in [-0.15, -0.1) is 0 Å². The van der Waals surface area contributed by atoms with Crippen molar-refractivity contribution in [1.82, 2.24) is 5.32 Å². The summed E-state index contributed by atoms with van der Waals surface area (Å²) in [5, 5.41) is 3.44. The van der Waals surface area contributed by atoms with E-state index in [0.717, 1.165) is 42.9 Å². The van der Waals surface area contributed by atoms with E-state index in [1.165, 1.54) is 0 Å². The highest BCUT2D eigenvalue weighted by atomic mass is 16.5. The maximum atomic E-state index is 5.46. The number of nitrogens with one attached hydrogen (secondary N) is 1. The minimum atomic E-state index is 0.157. The van der Waals surface area contributed by atoms with Gasteiger partial charge in [0.15, 0.2) is 11.5 Å². The van der Waals surface area contributed by atoms with Gasteiger partial charge in [-0.25, -0.2) is 0 Å². The van der Waals surface area contributed by atoms with Crippen LogP contribution in [0.5, 0.6) is 11.5 Å². The number of hydrogen-bond donors (Lipinski definition) is 2.